The van der Waals surface area contributed by atoms with Gasteiger partial charge in [0.15, 0.2) is 0 Å². The van der Waals surface area contributed by atoms with Crippen LogP contribution in [-0.4, -0.2) is 24.6 Å². The fraction of sp³-hybridized carbons (Fsp3) is 1.00. The molecule has 22 heavy (non-hydrogen) atoms. The molecule has 0 aliphatic heterocycles. The van der Waals surface area contributed by atoms with Crippen LogP contribution in [0, 0.1) is 0 Å². The number of hydrogen-bond acceptors (Lipinski definition) is 0. The summed E-state index contributed by atoms with van der Waals surface area (Å²) in [6, 6.07) is 0. The van der Waals surface area contributed by atoms with Crippen molar-refractivity contribution in [3.8, 4) is 0 Å². The van der Waals surface area contributed by atoms with Crippen molar-refractivity contribution < 1.29 is 17.0 Å². The maximum Gasteiger partial charge on any atom is 0.0594 e. The zero-order valence-corrected chi connectivity index (χ0v) is 18.6. The van der Waals surface area contributed by atoms with Gasteiger partial charge < -0.3 is 17.0 Å². The lowest BCUT2D eigenvalue weighted by atomic mass is 10.2. The standard InChI is InChI=1S/C20H44P.BrH/c1-5-9-11-13-15-19-21(17-7-3,18-8-4)20-16-14-12-10-6-2;/h5-20H2,1-4H3;1H/q+1;/p-1. The summed E-state index contributed by atoms with van der Waals surface area (Å²) in [5, 5.41) is 0. The monoisotopic (exact) mass is 394 g/mol. The lowest BCUT2D eigenvalue weighted by Crippen LogP contribution is -3.00. The topological polar surface area (TPSA) is 0 Å². The van der Waals surface area contributed by atoms with Crippen LogP contribution in [0.4, 0.5) is 0 Å². The summed E-state index contributed by atoms with van der Waals surface area (Å²) in [6.45, 7) is 9.47. The van der Waals surface area contributed by atoms with Crippen LogP contribution < -0.4 is 17.0 Å². The van der Waals surface area contributed by atoms with Gasteiger partial charge in [-0.05, 0) is 38.5 Å². The van der Waals surface area contributed by atoms with Crippen LogP contribution in [0.5, 0.6) is 0 Å². The molecule has 0 rings (SSSR count). The Morgan fingerprint density at radius 1 is 0.409 bits per heavy atom. The van der Waals surface area contributed by atoms with E-state index in [2.05, 4.69) is 27.7 Å². The molecule has 136 valence electrons. The summed E-state index contributed by atoms with van der Waals surface area (Å²) in [7, 11) is -0.593. The van der Waals surface area contributed by atoms with Gasteiger partial charge in [-0.3, -0.25) is 0 Å². The SMILES string of the molecule is CCCCCCC[P+](CCC)(CCC)CCCCCCC.[Br-]. The molecule has 0 spiro atoms. The summed E-state index contributed by atoms with van der Waals surface area (Å²) < 4.78 is 0. The number of hydrogen-bond donors (Lipinski definition) is 0. The fourth-order valence-corrected chi connectivity index (χ4v) is 8.75. The quantitative estimate of drug-likeness (QED) is 0.261. The predicted octanol–water partition coefficient (Wildman–Crippen LogP) is 4.77. The molecule has 0 radical (unpaired) electrons. The van der Waals surface area contributed by atoms with E-state index in [9.17, 15) is 0 Å². The van der Waals surface area contributed by atoms with Crippen molar-refractivity contribution in [2.24, 2.45) is 0 Å². The average Bonchev–Trinajstić information content (AvgIpc) is 2.47. The molecule has 0 aliphatic carbocycles. The Morgan fingerprint density at radius 3 is 1.09 bits per heavy atom. The first-order valence-corrected chi connectivity index (χ1v) is 12.6. The molecule has 0 bridgehead atoms. The summed E-state index contributed by atoms with van der Waals surface area (Å²) in [6.07, 6.45) is 23.9. The summed E-state index contributed by atoms with van der Waals surface area (Å²) in [4.78, 5) is 0. The number of unbranched alkanes of at least 4 members (excludes halogenated alkanes) is 8. The van der Waals surface area contributed by atoms with Gasteiger partial charge in [0.05, 0.1) is 24.6 Å². The highest BCUT2D eigenvalue weighted by Crippen LogP contribution is 2.61. The van der Waals surface area contributed by atoms with Crippen LogP contribution >= 0.6 is 7.26 Å². The summed E-state index contributed by atoms with van der Waals surface area (Å²) >= 11 is 0. The molecule has 0 N–H and O–H groups in total. The van der Waals surface area contributed by atoms with E-state index >= 15 is 0 Å². The van der Waals surface area contributed by atoms with Crippen molar-refractivity contribution in [1.29, 1.82) is 0 Å². The van der Waals surface area contributed by atoms with Crippen LogP contribution in [0.15, 0.2) is 0 Å². The summed E-state index contributed by atoms with van der Waals surface area (Å²) in [5.41, 5.74) is 0. The minimum absolute atomic E-state index is 0. The Morgan fingerprint density at radius 2 is 0.773 bits per heavy atom. The smallest absolute Gasteiger partial charge is 0.0594 e. The third kappa shape index (κ3) is 13.4. The first kappa shape index (κ1) is 25.2. The largest absolute Gasteiger partial charge is 1.00 e. The highest BCUT2D eigenvalue weighted by Gasteiger charge is 2.33. The van der Waals surface area contributed by atoms with Crippen molar-refractivity contribution in [2.75, 3.05) is 24.6 Å². The Bertz CT molecular complexity index is 184. The molecule has 0 saturated heterocycles. The highest BCUT2D eigenvalue weighted by atomic mass is 79.9. The predicted molar refractivity (Wildman–Crippen MR) is 104 cm³/mol. The molecule has 0 aromatic heterocycles. The zero-order valence-electron chi connectivity index (χ0n) is 16.1. The number of rotatable bonds is 16. The Balaban J connectivity index is 0. The molecule has 0 saturated carbocycles. The van der Waals surface area contributed by atoms with Gasteiger partial charge in [0.25, 0.3) is 0 Å². The van der Waals surface area contributed by atoms with E-state index in [0.29, 0.717) is 0 Å². The van der Waals surface area contributed by atoms with Gasteiger partial charge >= 0.3 is 0 Å². The molecule has 0 unspecified atom stereocenters. The van der Waals surface area contributed by atoms with Crippen molar-refractivity contribution in [1.82, 2.24) is 0 Å². The number of halogens is 1. The molecular formula is C20H44BrP. The van der Waals surface area contributed by atoms with Crippen molar-refractivity contribution in [3.63, 3.8) is 0 Å². The Hall–Kier alpha value is 0.910. The lowest BCUT2D eigenvalue weighted by Gasteiger charge is -2.27. The van der Waals surface area contributed by atoms with Crippen molar-refractivity contribution >= 4 is 7.26 Å². The first-order valence-electron chi connectivity index (χ1n) is 10.1. The molecule has 0 fully saturated rings. The van der Waals surface area contributed by atoms with E-state index in [4.69, 9.17) is 0 Å². The Labute approximate surface area is 153 Å². The molecule has 2 heteroatoms. The molecule has 0 aliphatic rings. The average molecular weight is 395 g/mol. The van der Waals surface area contributed by atoms with Gasteiger partial charge in [-0.2, -0.15) is 0 Å². The van der Waals surface area contributed by atoms with E-state index in [1.54, 1.807) is 24.6 Å². The van der Waals surface area contributed by atoms with Crippen LogP contribution in [0.3, 0.4) is 0 Å². The normalized spacial score (nSPS) is 11.5. The minimum atomic E-state index is -0.593. The second kappa shape index (κ2) is 18.3. The maximum atomic E-state index is 2.42. The van der Waals surface area contributed by atoms with E-state index in [0.717, 1.165) is 0 Å². The summed E-state index contributed by atoms with van der Waals surface area (Å²) in [5.74, 6) is 0. The molecule has 0 heterocycles. The van der Waals surface area contributed by atoms with E-state index in [1.807, 2.05) is 0 Å². The van der Waals surface area contributed by atoms with Gasteiger partial charge in [0.1, 0.15) is 0 Å². The van der Waals surface area contributed by atoms with Crippen LogP contribution in [0.2, 0.25) is 0 Å². The van der Waals surface area contributed by atoms with Gasteiger partial charge in [-0.25, -0.2) is 0 Å². The Kier molecular flexibility index (Phi) is 20.9. The second-order valence-electron chi connectivity index (χ2n) is 7.06. The minimum Gasteiger partial charge on any atom is -1.00 e. The maximum absolute atomic E-state index is 2.42. The lowest BCUT2D eigenvalue weighted by molar-refractivity contribution is -0.00000493. The van der Waals surface area contributed by atoms with Gasteiger partial charge in [0, 0.05) is 7.26 Å². The van der Waals surface area contributed by atoms with Gasteiger partial charge in [-0.15, -0.1) is 0 Å². The fourth-order valence-electron chi connectivity index (χ4n) is 3.72. The molecular weight excluding hydrogens is 351 g/mol. The molecule has 0 aromatic rings. The molecule has 0 atom stereocenters. The molecule has 0 nitrogen and oxygen atoms in total. The van der Waals surface area contributed by atoms with Gasteiger partial charge in [0.2, 0.25) is 0 Å². The van der Waals surface area contributed by atoms with Crippen molar-refractivity contribution in [2.45, 2.75) is 105 Å². The van der Waals surface area contributed by atoms with Crippen molar-refractivity contribution in [3.05, 3.63) is 0 Å². The van der Waals surface area contributed by atoms with Gasteiger partial charge in [-0.1, -0.05) is 66.2 Å². The third-order valence-electron chi connectivity index (χ3n) is 4.87. The first-order chi connectivity index (χ1) is 10.2. The van der Waals surface area contributed by atoms with E-state index < -0.39 is 7.26 Å². The van der Waals surface area contributed by atoms with E-state index in [-0.39, 0.29) is 17.0 Å². The molecule has 0 amide bonds. The molecule has 0 aromatic carbocycles. The van der Waals surface area contributed by atoms with E-state index in [1.165, 1.54) is 77.0 Å². The zero-order chi connectivity index (χ0) is 15.8. The van der Waals surface area contributed by atoms with Crippen LogP contribution in [-0.2, 0) is 0 Å². The van der Waals surface area contributed by atoms with Crippen LogP contribution in [0.25, 0.3) is 0 Å². The second-order valence-corrected chi connectivity index (χ2v) is 11.5. The third-order valence-corrected chi connectivity index (χ3v) is 10.2. The van der Waals surface area contributed by atoms with Crippen LogP contribution in [0.1, 0.15) is 105 Å². The highest BCUT2D eigenvalue weighted by molar-refractivity contribution is 7.75.